The van der Waals surface area contributed by atoms with Crippen molar-refractivity contribution >= 4 is 28.7 Å². The zero-order valence-electron chi connectivity index (χ0n) is 7.74. The largest absolute Gasteiger partial charge is 0.289 e. The number of ketones is 2. The Morgan fingerprint density at radius 3 is 2.13 bits per heavy atom. The molecule has 2 rings (SSSR count). The molecule has 74 valence electrons. The first-order valence-electron chi connectivity index (χ1n) is 4.42. The lowest BCUT2D eigenvalue weighted by Crippen LogP contribution is -2.10. The maximum Gasteiger partial charge on any atom is 0.198 e. The van der Waals surface area contributed by atoms with Gasteiger partial charge in [-0.3, -0.25) is 9.59 Å². The molecule has 0 heterocycles. The molecule has 0 atom stereocenters. The maximum atomic E-state index is 11.6. The van der Waals surface area contributed by atoms with Gasteiger partial charge in [0.05, 0.1) is 10.6 Å². The number of hydrogen-bond donors (Lipinski definition) is 0. The molecule has 0 aromatic heterocycles. The van der Waals surface area contributed by atoms with Gasteiger partial charge in [-0.2, -0.15) is 0 Å². The van der Waals surface area contributed by atoms with Crippen LogP contribution in [0.15, 0.2) is 47.5 Å². The van der Waals surface area contributed by atoms with E-state index in [-0.39, 0.29) is 22.2 Å². The topological polar surface area (TPSA) is 34.1 Å². The highest BCUT2D eigenvalue weighted by molar-refractivity contribution is 6.54. The van der Waals surface area contributed by atoms with Crippen molar-refractivity contribution in [3.63, 3.8) is 0 Å². The van der Waals surface area contributed by atoms with Crippen molar-refractivity contribution in [1.82, 2.24) is 0 Å². The number of benzene rings is 1. The number of halogens is 1. The molecule has 1 aromatic rings. The van der Waals surface area contributed by atoms with E-state index in [0.29, 0.717) is 5.56 Å². The van der Waals surface area contributed by atoms with Crippen LogP contribution in [0.1, 0.15) is 5.56 Å². The standard InChI is InChI=1S/C12H7ClO2/c13-12-10(15)7-6-9(14)11(12)8-4-2-1-3-5-8/h1-7H. The number of rotatable bonds is 1. The molecular weight excluding hydrogens is 212 g/mol. The first-order chi connectivity index (χ1) is 7.20. The second-order valence-electron chi connectivity index (χ2n) is 3.12. The van der Waals surface area contributed by atoms with Crippen molar-refractivity contribution in [3.05, 3.63) is 53.1 Å². The van der Waals surface area contributed by atoms with Crippen LogP contribution in [-0.2, 0) is 9.59 Å². The molecule has 0 amide bonds. The highest BCUT2D eigenvalue weighted by Gasteiger charge is 2.21. The zero-order valence-corrected chi connectivity index (χ0v) is 8.49. The van der Waals surface area contributed by atoms with Crippen LogP contribution in [0.25, 0.3) is 5.57 Å². The highest BCUT2D eigenvalue weighted by Crippen LogP contribution is 2.26. The summed E-state index contributed by atoms with van der Waals surface area (Å²) in [4.78, 5) is 22.9. The summed E-state index contributed by atoms with van der Waals surface area (Å²) in [6, 6.07) is 8.93. The van der Waals surface area contributed by atoms with Crippen molar-refractivity contribution < 1.29 is 9.59 Å². The Labute approximate surface area is 91.9 Å². The van der Waals surface area contributed by atoms with Crippen LogP contribution in [0, 0.1) is 0 Å². The summed E-state index contributed by atoms with van der Waals surface area (Å²) in [5.74, 6) is -0.555. The van der Waals surface area contributed by atoms with E-state index in [4.69, 9.17) is 11.6 Å². The first-order valence-corrected chi connectivity index (χ1v) is 4.80. The van der Waals surface area contributed by atoms with E-state index in [1.165, 1.54) is 12.2 Å². The van der Waals surface area contributed by atoms with Gasteiger partial charge < -0.3 is 0 Å². The van der Waals surface area contributed by atoms with Gasteiger partial charge in [-0.25, -0.2) is 0 Å². The Bertz CT molecular complexity index is 484. The normalized spacial score (nSPS) is 16.1. The third-order valence-electron chi connectivity index (χ3n) is 2.13. The van der Waals surface area contributed by atoms with Crippen molar-refractivity contribution in [3.8, 4) is 0 Å². The maximum absolute atomic E-state index is 11.6. The lowest BCUT2D eigenvalue weighted by molar-refractivity contribution is -0.113. The minimum Gasteiger partial charge on any atom is -0.289 e. The van der Waals surface area contributed by atoms with E-state index in [0.717, 1.165) is 0 Å². The number of carbonyl (C=O) groups is 2. The van der Waals surface area contributed by atoms with E-state index in [1.54, 1.807) is 24.3 Å². The summed E-state index contributed by atoms with van der Waals surface area (Å²) < 4.78 is 0. The molecule has 15 heavy (non-hydrogen) atoms. The summed E-state index contributed by atoms with van der Waals surface area (Å²) in [5, 5.41) is -0.00583. The summed E-state index contributed by atoms with van der Waals surface area (Å²) in [6.07, 6.45) is 2.44. The molecule has 0 saturated carbocycles. The summed E-state index contributed by atoms with van der Waals surface area (Å²) in [5.41, 5.74) is 0.954. The van der Waals surface area contributed by atoms with Crippen LogP contribution in [0.4, 0.5) is 0 Å². The van der Waals surface area contributed by atoms with Gasteiger partial charge in [0.25, 0.3) is 0 Å². The third-order valence-corrected chi connectivity index (χ3v) is 2.51. The van der Waals surface area contributed by atoms with Gasteiger partial charge >= 0.3 is 0 Å². The smallest absolute Gasteiger partial charge is 0.198 e. The van der Waals surface area contributed by atoms with Crippen LogP contribution in [0.2, 0.25) is 0 Å². The molecule has 0 radical (unpaired) electrons. The van der Waals surface area contributed by atoms with Gasteiger partial charge in [0.2, 0.25) is 0 Å². The fourth-order valence-electron chi connectivity index (χ4n) is 1.41. The van der Waals surface area contributed by atoms with Crippen molar-refractivity contribution in [2.75, 3.05) is 0 Å². The molecule has 1 aromatic carbocycles. The average molecular weight is 219 g/mol. The van der Waals surface area contributed by atoms with E-state index in [1.807, 2.05) is 6.07 Å². The summed E-state index contributed by atoms with van der Waals surface area (Å²) in [7, 11) is 0. The van der Waals surface area contributed by atoms with Crippen LogP contribution >= 0.6 is 11.6 Å². The van der Waals surface area contributed by atoms with Gasteiger partial charge in [-0.1, -0.05) is 41.9 Å². The quantitative estimate of drug-likeness (QED) is 0.678. The van der Waals surface area contributed by atoms with Gasteiger partial charge in [0.15, 0.2) is 11.6 Å². The molecule has 1 aliphatic carbocycles. The number of allylic oxidation sites excluding steroid dienone is 4. The predicted molar refractivity (Wildman–Crippen MR) is 58.4 cm³/mol. The van der Waals surface area contributed by atoms with E-state index in [9.17, 15) is 9.59 Å². The summed E-state index contributed by atoms with van der Waals surface area (Å²) in [6.45, 7) is 0. The SMILES string of the molecule is O=C1C=CC(=O)C(c2ccccc2)=C1Cl. The van der Waals surface area contributed by atoms with Crippen LogP contribution in [0.5, 0.6) is 0 Å². The van der Waals surface area contributed by atoms with E-state index >= 15 is 0 Å². The molecular formula is C12H7ClO2. The Kier molecular flexibility index (Phi) is 2.52. The highest BCUT2D eigenvalue weighted by atomic mass is 35.5. The molecule has 0 aliphatic heterocycles. The average Bonchev–Trinajstić information content (AvgIpc) is 2.26. The van der Waals surface area contributed by atoms with E-state index in [2.05, 4.69) is 0 Å². The van der Waals surface area contributed by atoms with Gasteiger partial charge in [-0.15, -0.1) is 0 Å². The Morgan fingerprint density at radius 2 is 1.47 bits per heavy atom. The molecule has 0 unspecified atom stereocenters. The molecule has 0 N–H and O–H groups in total. The molecule has 0 fully saturated rings. The lowest BCUT2D eigenvalue weighted by Gasteiger charge is -2.09. The number of hydrogen-bond acceptors (Lipinski definition) is 2. The Hall–Kier alpha value is -1.67. The molecule has 2 nitrogen and oxygen atoms in total. The third kappa shape index (κ3) is 1.76. The van der Waals surface area contributed by atoms with Crippen molar-refractivity contribution in [2.45, 2.75) is 0 Å². The zero-order chi connectivity index (χ0) is 10.8. The lowest BCUT2D eigenvalue weighted by atomic mass is 9.96. The van der Waals surface area contributed by atoms with Gasteiger partial charge in [0, 0.05) is 0 Å². The second kappa shape index (κ2) is 3.83. The Morgan fingerprint density at radius 1 is 0.867 bits per heavy atom. The fourth-order valence-corrected chi connectivity index (χ4v) is 1.68. The molecule has 0 saturated heterocycles. The first kappa shape index (κ1) is 9.87. The van der Waals surface area contributed by atoms with Crippen LogP contribution in [-0.4, -0.2) is 11.6 Å². The predicted octanol–water partition coefficient (Wildman–Crippen LogP) is 2.34. The minimum absolute atomic E-state index is 0.00583. The second-order valence-corrected chi connectivity index (χ2v) is 3.49. The summed E-state index contributed by atoms with van der Waals surface area (Å²) >= 11 is 5.82. The molecule has 3 heteroatoms. The monoisotopic (exact) mass is 218 g/mol. The van der Waals surface area contributed by atoms with Gasteiger partial charge in [-0.05, 0) is 17.7 Å². The van der Waals surface area contributed by atoms with Gasteiger partial charge in [0.1, 0.15) is 0 Å². The number of carbonyl (C=O) groups excluding carboxylic acids is 2. The van der Waals surface area contributed by atoms with E-state index < -0.39 is 0 Å². The van der Waals surface area contributed by atoms with Crippen molar-refractivity contribution in [2.24, 2.45) is 0 Å². The Balaban J connectivity index is 2.57. The minimum atomic E-state index is -0.324. The molecule has 1 aliphatic rings. The van der Waals surface area contributed by atoms with Crippen molar-refractivity contribution in [1.29, 1.82) is 0 Å². The molecule has 0 spiro atoms. The fraction of sp³-hybridized carbons (Fsp3) is 0. The van der Waals surface area contributed by atoms with Crippen LogP contribution < -0.4 is 0 Å². The van der Waals surface area contributed by atoms with Crippen LogP contribution in [0.3, 0.4) is 0 Å². The molecule has 0 bridgehead atoms.